The van der Waals surface area contributed by atoms with Crippen LogP contribution in [0.5, 0.6) is 0 Å². The second-order valence-corrected chi connectivity index (χ2v) is 8.99. The Kier molecular flexibility index (Phi) is 5.07. The van der Waals surface area contributed by atoms with Crippen molar-refractivity contribution < 1.29 is 18.0 Å². The molecule has 4 aromatic heterocycles. The number of anilines is 1. The maximum atomic E-state index is 13.6. The number of nitrogens with two attached hydrogens (primary N) is 1. The fourth-order valence-electron chi connectivity index (χ4n) is 3.98. The molecular formula is C20H19F3N8OS. The Bertz CT molecular complexity index is 1380. The minimum absolute atomic E-state index is 0.0626. The standard InChI is InChI=1S/C20H19F3N8OS/c1-9-14(17(22)23)26-19(33-9)13-15(27-29(2)16(13)18(24)32)10-3-6-31-12(7-10)25-20(28-31)30-5-4-11(21)8-30/h3,6-7,11,17H,4-5,8H2,1-2H3,(H2,24,32). The normalized spacial score (nSPS) is 16.4. The number of hydrogen-bond donors (Lipinski definition) is 1. The number of carbonyl (C=O) groups is 1. The summed E-state index contributed by atoms with van der Waals surface area (Å²) >= 11 is 1.05. The highest BCUT2D eigenvalue weighted by atomic mass is 32.1. The van der Waals surface area contributed by atoms with Gasteiger partial charge in [-0.05, 0) is 25.5 Å². The minimum Gasteiger partial charge on any atom is -0.364 e. The Balaban J connectivity index is 1.64. The number of pyridine rings is 1. The lowest BCUT2D eigenvalue weighted by Gasteiger charge is -2.10. The maximum absolute atomic E-state index is 13.6. The molecule has 172 valence electrons. The fourth-order valence-corrected chi connectivity index (χ4v) is 4.95. The van der Waals surface area contributed by atoms with Crippen molar-refractivity contribution in [2.24, 2.45) is 12.8 Å². The average molecular weight is 476 g/mol. The van der Waals surface area contributed by atoms with Crippen LogP contribution in [0.1, 0.15) is 33.9 Å². The van der Waals surface area contributed by atoms with E-state index in [1.54, 1.807) is 41.7 Å². The third-order valence-electron chi connectivity index (χ3n) is 5.55. The summed E-state index contributed by atoms with van der Waals surface area (Å²) in [6.45, 7) is 2.33. The molecule has 5 heterocycles. The molecule has 0 bridgehead atoms. The Hall–Kier alpha value is -3.48. The zero-order chi connectivity index (χ0) is 23.4. The monoisotopic (exact) mass is 476 g/mol. The molecule has 0 radical (unpaired) electrons. The molecule has 1 aliphatic heterocycles. The quantitative estimate of drug-likeness (QED) is 0.474. The summed E-state index contributed by atoms with van der Waals surface area (Å²) in [5.74, 6) is -0.332. The number of aromatic nitrogens is 6. The Morgan fingerprint density at radius 3 is 2.73 bits per heavy atom. The summed E-state index contributed by atoms with van der Waals surface area (Å²) in [6, 6.07) is 3.43. The van der Waals surface area contributed by atoms with Gasteiger partial charge in [-0.15, -0.1) is 16.4 Å². The van der Waals surface area contributed by atoms with Gasteiger partial charge < -0.3 is 10.6 Å². The maximum Gasteiger partial charge on any atom is 0.281 e. The van der Waals surface area contributed by atoms with Gasteiger partial charge in [0.05, 0.1) is 12.1 Å². The number of nitrogens with zero attached hydrogens (tertiary/aromatic N) is 7. The van der Waals surface area contributed by atoms with Crippen LogP contribution in [0.15, 0.2) is 18.3 Å². The smallest absolute Gasteiger partial charge is 0.281 e. The highest BCUT2D eigenvalue weighted by Gasteiger charge is 2.28. The van der Waals surface area contributed by atoms with E-state index in [1.165, 1.54) is 4.68 Å². The number of thiazole rings is 1. The topological polar surface area (TPSA) is 107 Å². The van der Waals surface area contributed by atoms with Gasteiger partial charge in [0.15, 0.2) is 5.65 Å². The minimum atomic E-state index is -2.74. The first-order valence-corrected chi connectivity index (χ1v) is 10.9. The first kappa shape index (κ1) is 21.4. The summed E-state index contributed by atoms with van der Waals surface area (Å²) < 4.78 is 43.2. The first-order chi connectivity index (χ1) is 15.7. The van der Waals surface area contributed by atoms with Crippen LogP contribution in [0, 0.1) is 6.92 Å². The van der Waals surface area contributed by atoms with E-state index in [2.05, 4.69) is 20.2 Å². The predicted octanol–water partition coefficient (Wildman–Crippen LogP) is 3.15. The lowest BCUT2D eigenvalue weighted by Crippen LogP contribution is -2.21. The SMILES string of the molecule is Cc1sc(-c2c(-c3ccn4nc(N5CCC(F)C5)nc4c3)nn(C)c2C(N)=O)nc1C(F)F. The fraction of sp³-hybridized carbons (Fsp3) is 0.350. The third-order valence-corrected chi connectivity index (χ3v) is 6.55. The van der Waals surface area contributed by atoms with Crippen LogP contribution in [0.25, 0.3) is 27.5 Å². The van der Waals surface area contributed by atoms with E-state index in [0.717, 1.165) is 11.3 Å². The van der Waals surface area contributed by atoms with Gasteiger partial charge in [0.25, 0.3) is 12.3 Å². The highest BCUT2D eigenvalue weighted by molar-refractivity contribution is 7.15. The summed E-state index contributed by atoms with van der Waals surface area (Å²) in [4.78, 5) is 22.9. The van der Waals surface area contributed by atoms with Gasteiger partial charge in [0.1, 0.15) is 28.3 Å². The summed E-state index contributed by atoms with van der Waals surface area (Å²) in [5.41, 5.74) is 7.03. The number of aryl methyl sites for hydroxylation is 2. The van der Waals surface area contributed by atoms with Crippen LogP contribution in [-0.2, 0) is 7.05 Å². The van der Waals surface area contributed by atoms with E-state index in [9.17, 15) is 18.0 Å². The van der Waals surface area contributed by atoms with Crippen molar-refractivity contribution in [3.8, 4) is 21.8 Å². The number of rotatable bonds is 5. The molecule has 2 N–H and O–H groups in total. The van der Waals surface area contributed by atoms with E-state index in [1.807, 2.05) is 0 Å². The summed E-state index contributed by atoms with van der Waals surface area (Å²) in [7, 11) is 1.55. The van der Waals surface area contributed by atoms with Gasteiger partial charge in [-0.25, -0.2) is 22.7 Å². The van der Waals surface area contributed by atoms with E-state index < -0.39 is 18.5 Å². The van der Waals surface area contributed by atoms with Gasteiger partial charge in [0.2, 0.25) is 5.95 Å². The van der Waals surface area contributed by atoms with Crippen molar-refractivity contribution in [1.29, 1.82) is 0 Å². The molecule has 5 rings (SSSR count). The number of alkyl halides is 3. The molecule has 4 aromatic rings. The molecule has 1 aliphatic rings. The molecule has 9 nitrogen and oxygen atoms in total. The van der Waals surface area contributed by atoms with Gasteiger partial charge in [-0.2, -0.15) is 10.1 Å². The van der Waals surface area contributed by atoms with Crippen molar-refractivity contribution in [1.82, 2.24) is 29.4 Å². The molecule has 13 heteroatoms. The summed E-state index contributed by atoms with van der Waals surface area (Å²) in [5, 5.41) is 9.07. The lowest BCUT2D eigenvalue weighted by atomic mass is 10.1. The van der Waals surface area contributed by atoms with Crippen LogP contribution in [0.3, 0.4) is 0 Å². The molecule has 1 fully saturated rings. The molecule has 1 saturated heterocycles. The molecule has 0 aromatic carbocycles. The lowest BCUT2D eigenvalue weighted by molar-refractivity contribution is 0.0992. The van der Waals surface area contributed by atoms with Crippen LogP contribution < -0.4 is 10.6 Å². The summed E-state index contributed by atoms with van der Waals surface area (Å²) in [6.07, 6.45) is -1.55. The van der Waals surface area contributed by atoms with E-state index in [4.69, 9.17) is 5.73 Å². The van der Waals surface area contributed by atoms with Crippen molar-refractivity contribution in [3.05, 3.63) is 34.6 Å². The number of carbonyl (C=O) groups excluding carboxylic acids is 1. The van der Waals surface area contributed by atoms with E-state index in [-0.39, 0.29) is 28.5 Å². The number of hydrogen-bond acceptors (Lipinski definition) is 7. The van der Waals surface area contributed by atoms with Crippen LogP contribution in [-0.4, -0.2) is 54.5 Å². The molecule has 0 spiro atoms. The Morgan fingerprint density at radius 2 is 2.09 bits per heavy atom. The predicted molar refractivity (Wildman–Crippen MR) is 116 cm³/mol. The third kappa shape index (κ3) is 3.61. The zero-order valence-electron chi connectivity index (χ0n) is 17.7. The van der Waals surface area contributed by atoms with Crippen LogP contribution in [0.4, 0.5) is 19.1 Å². The van der Waals surface area contributed by atoms with Gasteiger partial charge in [0, 0.05) is 30.2 Å². The molecule has 33 heavy (non-hydrogen) atoms. The van der Waals surface area contributed by atoms with Crippen molar-refractivity contribution in [2.75, 3.05) is 18.0 Å². The van der Waals surface area contributed by atoms with Gasteiger partial charge >= 0.3 is 0 Å². The van der Waals surface area contributed by atoms with Gasteiger partial charge in [-0.3, -0.25) is 9.48 Å². The molecular weight excluding hydrogens is 457 g/mol. The molecule has 1 unspecified atom stereocenters. The molecule has 0 aliphatic carbocycles. The molecule has 0 saturated carbocycles. The van der Waals surface area contributed by atoms with Gasteiger partial charge in [-0.1, -0.05) is 0 Å². The Morgan fingerprint density at radius 1 is 1.30 bits per heavy atom. The molecule has 1 atom stereocenters. The first-order valence-electron chi connectivity index (χ1n) is 10.1. The van der Waals surface area contributed by atoms with E-state index in [0.29, 0.717) is 40.7 Å². The number of primary amides is 1. The number of amides is 1. The highest BCUT2D eigenvalue weighted by Crippen LogP contribution is 2.39. The van der Waals surface area contributed by atoms with Crippen LogP contribution in [0.2, 0.25) is 0 Å². The second kappa shape index (κ2) is 7.83. The van der Waals surface area contributed by atoms with Crippen LogP contribution >= 0.6 is 11.3 Å². The average Bonchev–Trinajstić information content (AvgIpc) is 3.51. The largest absolute Gasteiger partial charge is 0.364 e. The number of fused-ring (bicyclic) bond motifs is 1. The van der Waals surface area contributed by atoms with Crippen molar-refractivity contribution in [3.63, 3.8) is 0 Å². The van der Waals surface area contributed by atoms with Crippen molar-refractivity contribution >= 4 is 28.8 Å². The second-order valence-electron chi connectivity index (χ2n) is 7.78. The van der Waals surface area contributed by atoms with E-state index >= 15 is 0 Å². The number of halogens is 3. The molecule has 1 amide bonds. The Labute approximate surface area is 189 Å². The van der Waals surface area contributed by atoms with Crippen molar-refractivity contribution in [2.45, 2.75) is 25.9 Å². The zero-order valence-corrected chi connectivity index (χ0v) is 18.5.